The number of aryl methyl sites for hydroxylation is 1. The van der Waals surface area contributed by atoms with Crippen molar-refractivity contribution in [3.05, 3.63) is 23.7 Å². The maximum absolute atomic E-state index is 5.83. The van der Waals surface area contributed by atoms with Crippen LogP contribution in [0.3, 0.4) is 0 Å². The highest BCUT2D eigenvalue weighted by atomic mass is 32.1. The molecule has 134 valence electrons. The molecule has 1 aliphatic heterocycles. The summed E-state index contributed by atoms with van der Waals surface area (Å²) >= 11 is 5.76. The minimum absolute atomic E-state index is 0.287. The third kappa shape index (κ3) is 5.21. The predicted octanol–water partition coefficient (Wildman–Crippen LogP) is 4.17. The van der Waals surface area contributed by atoms with Gasteiger partial charge in [0, 0.05) is 19.2 Å². The van der Waals surface area contributed by atoms with Gasteiger partial charge in [0.25, 0.3) is 0 Å². The average Bonchev–Trinajstić information content (AvgIpc) is 3.14. The standard InChI is InChI=1S/C19H30N2O2S/c1-15-10-11-18(23-15)14-21(13-17-9-6-12-22-17)19(24)20-16-7-4-2-3-5-8-16/h10-11,16-17H,2-9,12-14H2,1H3,(H,20,24)/t17-/m0/s1. The van der Waals surface area contributed by atoms with Crippen molar-refractivity contribution in [2.75, 3.05) is 13.2 Å². The normalized spacial score (nSPS) is 22.3. The van der Waals surface area contributed by atoms with E-state index in [2.05, 4.69) is 10.2 Å². The Morgan fingerprint density at radius 2 is 1.96 bits per heavy atom. The first-order chi connectivity index (χ1) is 11.7. The van der Waals surface area contributed by atoms with Gasteiger partial charge in [-0.15, -0.1) is 0 Å². The molecule has 0 bridgehead atoms. The van der Waals surface area contributed by atoms with E-state index in [1.54, 1.807) is 0 Å². The van der Waals surface area contributed by atoms with E-state index in [1.165, 1.54) is 38.5 Å². The smallest absolute Gasteiger partial charge is 0.169 e. The Labute approximate surface area is 150 Å². The molecule has 1 saturated carbocycles. The summed E-state index contributed by atoms with van der Waals surface area (Å²) in [6, 6.07) is 4.58. The number of thiocarbonyl (C=S) groups is 1. The number of furan rings is 1. The van der Waals surface area contributed by atoms with Crippen molar-refractivity contribution in [3.8, 4) is 0 Å². The Bertz CT molecular complexity index is 517. The van der Waals surface area contributed by atoms with Crippen LogP contribution in [0, 0.1) is 6.92 Å². The van der Waals surface area contributed by atoms with Crippen LogP contribution in [0.25, 0.3) is 0 Å². The molecular weight excluding hydrogens is 320 g/mol. The SMILES string of the molecule is Cc1ccc(CN(C[C@@H]2CCCO2)C(=S)NC2CCCCCC2)o1. The highest BCUT2D eigenvalue weighted by Gasteiger charge is 2.23. The van der Waals surface area contributed by atoms with E-state index in [0.29, 0.717) is 12.6 Å². The molecule has 0 radical (unpaired) electrons. The van der Waals surface area contributed by atoms with Gasteiger partial charge >= 0.3 is 0 Å². The summed E-state index contributed by atoms with van der Waals surface area (Å²) in [6.45, 7) is 4.42. The van der Waals surface area contributed by atoms with Gasteiger partial charge in [-0.05, 0) is 57.0 Å². The molecule has 5 heteroatoms. The lowest BCUT2D eigenvalue weighted by molar-refractivity contribution is 0.0881. The van der Waals surface area contributed by atoms with Crippen molar-refractivity contribution in [2.24, 2.45) is 0 Å². The maximum atomic E-state index is 5.83. The minimum Gasteiger partial charge on any atom is -0.464 e. The summed E-state index contributed by atoms with van der Waals surface area (Å²) in [5.41, 5.74) is 0. The van der Waals surface area contributed by atoms with E-state index in [9.17, 15) is 0 Å². The fraction of sp³-hybridized carbons (Fsp3) is 0.737. The van der Waals surface area contributed by atoms with Crippen LogP contribution in [0.4, 0.5) is 0 Å². The van der Waals surface area contributed by atoms with Gasteiger partial charge in [0.05, 0.1) is 12.6 Å². The Hall–Kier alpha value is -1.07. The molecule has 2 aliphatic rings. The summed E-state index contributed by atoms with van der Waals surface area (Å²) in [5, 5.41) is 4.47. The quantitative estimate of drug-likeness (QED) is 0.637. The second-order valence-electron chi connectivity index (χ2n) is 7.17. The molecule has 1 atom stereocenters. The fourth-order valence-electron chi connectivity index (χ4n) is 3.70. The summed E-state index contributed by atoms with van der Waals surface area (Å²) in [4.78, 5) is 2.23. The molecule has 1 aliphatic carbocycles. The van der Waals surface area contributed by atoms with E-state index >= 15 is 0 Å². The topological polar surface area (TPSA) is 37.6 Å². The molecule has 1 aromatic rings. The Kier molecular flexibility index (Phi) is 6.55. The molecule has 1 saturated heterocycles. The van der Waals surface area contributed by atoms with Crippen molar-refractivity contribution in [1.29, 1.82) is 0 Å². The Morgan fingerprint density at radius 3 is 2.58 bits per heavy atom. The maximum Gasteiger partial charge on any atom is 0.169 e. The third-order valence-electron chi connectivity index (χ3n) is 5.06. The van der Waals surface area contributed by atoms with Crippen molar-refractivity contribution in [3.63, 3.8) is 0 Å². The highest BCUT2D eigenvalue weighted by molar-refractivity contribution is 7.80. The molecule has 3 rings (SSSR count). The summed E-state index contributed by atoms with van der Waals surface area (Å²) < 4.78 is 11.6. The van der Waals surface area contributed by atoms with Crippen LogP contribution < -0.4 is 5.32 Å². The van der Waals surface area contributed by atoms with Crippen LogP contribution in [0.1, 0.15) is 62.9 Å². The second kappa shape index (κ2) is 8.86. The summed E-state index contributed by atoms with van der Waals surface area (Å²) in [5.74, 6) is 1.92. The van der Waals surface area contributed by atoms with Crippen LogP contribution in [0.5, 0.6) is 0 Å². The summed E-state index contributed by atoms with van der Waals surface area (Å²) in [7, 11) is 0. The Morgan fingerprint density at radius 1 is 1.17 bits per heavy atom. The van der Waals surface area contributed by atoms with Gasteiger partial charge in [-0.3, -0.25) is 0 Å². The van der Waals surface area contributed by atoms with Gasteiger partial charge in [0.15, 0.2) is 5.11 Å². The average molecular weight is 351 g/mol. The van der Waals surface area contributed by atoms with E-state index in [0.717, 1.165) is 42.6 Å². The molecule has 1 aromatic heterocycles. The van der Waals surface area contributed by atoms with E-state index in [4.69, 9.17) is 21.4 Å². The first-order valence-corrected chi connectivity index (χ1v) is 9.84. The number of rotatable bonds is 5. The van der Waals surface area contributed by atoms with Gasteiger partial charge in [-0.2, -0.15) is 0 Å². The molecule has 24 heavy (non-hydrogen) atoms. The number of ether oxygens (including phenoxy) is 1. The van der Waals surface area contributed by atoms with Gasteiger partial charge in [0.1, 0.15) is 11.5 Å². The number of hydrogen-bond acceptors (Lipinski definition) is 3. The van der Waals surface area contributed by atoms with Crippen molar-refractivity contribution in [1.82, 2.24) is 10.2 Å². The minimum atomic E-state index is 0.287. The van der Waals surface area contributed by atoms with Crippen LogP contribution in [-0.2, 0) is 11.3 Å². The number of nitrogens with zero attached hydrogens (tertiary/aromatic N) is 1. The van der Waals surface area contributed by atoms with Crippen LogP contribution in [0.2, 0.25) is 0 Å². The zero-order valence-electron chi connectivity index (χ0n) is 14.8. The van der Waals surface area contributed by atoms with Crippen LogP contribution in [0.15, 0.2) is 16.5 Å². The largest absolute Gasteiger partial charge is 0.464 e. The first kappa shape index (κ1) is 17.7. The zero-order valence-corrected chi connectivity index (χ0v) is 15.6. The van der Waals surface area contributed by atoms with Crippen molar-refractivity contribution >= 4 is 17.3 Å². The van der Waals surface area contributed by atoms with Crippen LogP contribution in [-0.4, -0.2) is 35.3 Å². The molecule has 2 fully saturated rings. The first-order valence-electron chi connectivity index (χ1n) is 9.43. The molecule has 4 nitrogen and oxygen atoms in total. The van der Waals surface area contributed by atoms with E-state index in [1.807, 2.05) is 19.1 Å². The lowest BCUT2D eigenvalue weighted by Gasteiger charge is -2.30. The monoisotopic (exact) mass is 350 g/mol. The van der Waals surface area contributed by atoms with Gasteiger partial charge in [-0.1, -0.05) is 25.7 Å². The van der Waals surface area contributed by atoms with Gasteiger partial charge in [-0.25, -0.2) is 0 Å². The van der Waals surface area contributed by atoms with Crippen LogP contribution >= 0.6 is 12.2 Å². The second-order valence-corrected chi connectivity index (χ2v) is 7.55. The number of hydrogen-bond donors (Lipinski definition) is 1. The highest BCUT2D eigenvalue weighted by Crippen LogP contribution is 2.19. The lowest BCUT2D eigenvalue weighted by atomic mass is 10.1. The van der Waals surface area contributed by atoms with Gasteiger partial charge in [0.2, 0.25) is 0 Å². The third-order valence-corrected chi connectivity index (χ3v) is 5.44. The van der Waals surface area contributed by atoms with E-state index < -0.39 is 0 Å². The number of nitrogens with one attached hydrogen (secondary N) is 1. The van der Waals surface area contributed by atoms with Gasteiger partial charge < -0.3 is 19.4 Å². The Balaban J connectivity index is 1.61. The fourth-order valence-corrected chi connectivity index (χ4v) is 4.01. The molecule has 0 unspecified atom stereocenters. The van der Waals surface area contributed by atoms with Crippen molar-refractivity contribution < 1.29 is 9.15 Å². The zero-order chi connectivity index (χ0) is 16.8. The molecule has 0 spiro atoms. The van der Waals surface area contributed by atoms with Crippen molar-refractivity contribution in [2.45, 2.75) is 77.0 Å². The predicted molar refractivity (Wildman–Crippen MR) is 100 cm³/mol. The summed E-state index contributed by atoms with van der Waals surface area (Å²) in [6.07, 6.45) is 10.4. The molecule has 2 heterocycles. The van der Waals surface area contributed by atoms with E-state index in [-0.39, 0.29) is 6.10 Å². The molecular formula is C19H30N2O2S. The molecule has 1 N–H and O–H groups in total. The lowest BCUT2D eigenvalue weighted by Crippen LogP contribution is -2.46. The molecule has 0 amide bonds. The molecule has 0 aromatic carbocycles.